The van der Waals surface area contributed by atoms with E-state index in [1.54, 1.807) is 13.3 Å². The smallest absolute Gasteiger partial charge is 0.195 e. The van der Waals surface area contributed by atoms with E-state index in [0.717, 1.165) is 12.2 Å². The highest BCUT2D eigenvalue weighted by atomic mass is 16.5. The van der Waals surface area contributed by atoms with E-state index in [2.05, 4.69) is 11.9 Å². The van der Waals surface area contributed by atoms with Crippen LogP contribution in [0.2, 0.25) is 0 Å². The van der Waals surface area contributed by atoms with Crippen LogP contribution in [0.15, 0.2) is 10.6 Å². The molecule has 0 saturated heterocycles. The van der Waals surface area contributed by atoms with Crippen LogP contribution in [0.5, 0.6) is 0 Å². The van der Waals surface area contributed by atoms with E-state index in [1.807, 2.05) is 6.92 Å². The predicted molar refractivity (Wildman–Crippen MR) is 53.9 cm³/mol. The lowest BCUT2D eigenvalue weighted by molar-refractivity contribution is -0.0197. The van der Waals surface area contributed by atoms with Crippen LogP contribution in [0.4, 0.5) is 0 Å². The molecule has 1 heterocycles. The van der Waals surface area contributed by atoms with Crippen LogP contribution in [0, 0.1) is 0 Å². The topological polar surface area (TPSA) is 61.3 Å². The summed E-state index contributed by atoms with van der Waals surface area (Å²) < 4.78 is 11.0. The molecule has 1 aromatic rings. The van der Waals surface area contributed by atoms with Crippen LogP contribution in [0.3, 0.4) is 0 Å². The van der Waals surface area contributed by atoms with Crippen LogP contribution in [0.1, 0.15) is 31.9 Å². The normalized spacial score (nSPS) is 15.4. The van der Waals surface area contributed by atoms with Crippen molar-refractivity contribution in [2.24, 2.45) is 5.73 Å². The van der Waals surface area contributed by atoms with E-state index in [-0.39, 0.29) is 5.60 Å². The quantitative estimate of drug-likeness (QED) is 0.777. The Labute approximate surface area is 84.5 Å². The van der Waals surface area contributed by atoms with Crippen molar-refractivity contribution >= 4 is 0 Å². The van der Waals surface area contributed by atoms with E-state index in [1.165, 1.54) is 0 Å². The fourth-order valence-corrected chi connectivity index (χ4v) is 1.21. The van der Waals surface area contributed by atoms with E-state index in [9.17, 15) is 0 Å². The van der Waals surface area contributed by atoms with E-state index < -0.39 is 0 Å². The van der Waals surface area contributed by atoms with E-state index >= 15 is 0 Å². The number of aromatic nitrogens is 1. The second kappa shape index (κ2) is 4.57. The molecule has 4 nitrogen and oxygen atoms in total. The Bertz CT molecular complexity index is 279. The number of methoxy groups -OCH3 is 1. The molecular formula is C10H18N2O2. The number of ether oxygens (including phenoxy) is 1. The van der Waals surface area contributed by atoms with E-state index in [0.29, 0.717) is 18.9 Å². The van der Waals surface area contributed by atoms with Gasteiger partial charge in [-0.05, 0) is 13.3 Å². The summed E-state index contributed by atoms with van der Waals surface area (Å²) in [7, 11) is 1.68. The second-order valence-electron chi connectivity index (χ2n) is 3.45. The van der Waals surface area contributed by atoms with Gasteiger partial charge in [-0.2, -0.15) is 0 Å². The number of hydrogen-bond donors (Lipinski definition) is 1. The molecule has 0 aliphatic heterocycles. The number of nitrogens with zero attached hydrogens (tertiary/aromatic N) is 1. The summed E-state index contributed by atoms with van der Waals surface area (Å²) in [6, 6.07) is 0. The maximum absolute atomic E-state index is 5.55. The molecule has 1 aromatic heterocycles. The zero-order valence-electron chi connectivity index (χ0n) is 9.04. The lowest BCUT2D eigenvalue weighted by Crippen LogP contribution is -2.22. The molecule has 0 fully saturated rings. The summed E-state index contributed by atoms with van der Waals surface area (Å²) in [5.41, 5.74) is 5.04. The van der Waals surface area contributed by atoms with Crippen molar-refractivity contribution in [2.45, 2.75) is 32.3 Å². The van der Waals surface area contributed by atoms with Crippen LogP contribution < -0.4 is 5.73 Å². The van der Waals surface area contributed by atoms with Gasteiger partial charge in [0.1, 0.15) is 5.60 Å². The highest BCUT2D eigenvalue weighted by Gasteiger charge is 2.28. The minimum absolute atomic E-state index is 0.375. The molecule has 80 valence electrons. The molecule has 1 atom stereocenters. The van der Waals surface area contributed by atoms with Crippen molar-refractivity contribution in [1.29, 1.82) is 0 Å². The van der Waals surface area contributed by atoms with Gasteiger partial charge in [-0.25, -0.2) is 4.98 Å². The van der Waals surface area contributed by atoms with Gasteiger partial charge in [0, 0.05) is 20.1 Å². The average molecular weight is 198 g/mol. The van der Waals surface area contributed by atoms with Crippen molar-refractivity contribution < 1.29 is 9.15 Å². The Kier molecular flexibility index (Phi) is 3.66. The first-order valence-corrected chi connectivity index (χ1v) is 4.86. The first kappa shape index (κ1) is 11.2. The maximum atomic E-state index is 5.55. The Balaban J connectivity index is 2.84. The first-order valence-electron chi connectivity index (χ1n) is 4.86. The Morgan fingerprint density at radius 3 is 2.86 bits per heavy atom. The van der Waals surface area contributed by atoms with Gasteiger partial charge in [-0.3, -0.25) is 0 Å². The van der Waals surface area contributed by atoms with Gasteiger partial charge in [0.05, 0.1) is 6.20 Å². The minimum Gasteiger partial charge on any atom is -0.443 e. The van der Waals surface area contributed by atoms with Crippen molar-refractivity contribution in [1.82, 2.24) is 4.98 Å². The summed E-state index contributed by atoms with van der Waals surface area (Å²) in [5, 5.41) is 0. The van der Waals surface area contributed by atoms with Crippen LogP contribution >= 0.6 is 0 Å². The lowest BCUT2D eigenvalue weighted by Gasteiger charge is -2.23. The van der Waals surface area contributed by atoms with Crippen LogP contribution in [0.25, 0.3) is 0 Å². The largest absolute Gasteiger partial charge is 0.443 e. The van der Waals surface area contributed by atoms with Gasteiger partial charge in [-0.1, -0.05) is 6.92 Å². The molecule has 1 rings (SSSR count). The van der Waals surface area contributed by atoms with Crippen LogP contribution in [-0.2, 0) is 16.8 Å². The lowest BCUT2D eigenvalue weighted by atomic mass is 10.0. The summed E-state index contributed by atoms with van der Waals surface area (Å²) in [4.78, 5) is 4.14. The van der Waals surface area contributed by atoms with Crippen molar-refractivity contribution in [3.8, 4) is 0 Å². The third-order valence-corrected chi connectivity index (χ3v) is 2.56. The maximum Gasteiger partial charge on any atom is 0.195 e. The molecule has 0 aliphatic carbocycles. The third-order valence-electron chi connectivity index (χ3n) is 2.56. The molecule has 1 unspecified atom stereocenters. The third kappa shape index (κ3) is 2.13. The van der Waals surface area contributed by atoms with Crippen molar-refractivity contribution in [3.63, 3.8) is 0 Å². The highest BCUT2D eigenvalue weighted by Crippen LogP contribution is 2.28. The molecule has 0 aliphatic rings. The van der Waals surface area contributed by atoms with Crippen molar-refractivity contribution in [2.75, 3.05) is 13.7 Å². The number of nitrogens with two attached hydrogens (primary N) is 1. The first-order chi connectivity index (χ1) is 6.66. The summed E-state index contributed by atoms with van der Waals surface area (Å²) >= 11 is 0. The molecule has 0 amide bonds. The fraction of sp³-hybridized carbons (Fsp3) is 0.700. The molecule has 14 heavy (non-hydrogen) atoms. The van der Waals surface area contributed by atoms with Gasteiger partial charge in [0.15, 0.2) is 11.7 Å². The Hall–Kier alpha value is -0.870. The summed E-state index contributed by atoms with van der Waals surface area (Å²) in [6.07, 6.45) is 3.24. The summed E-state index contributed by atoms with van der Waals surface area (Å²) in [5.74, 6) is 1.45. The predicted octanol–water partition coefficient (Wildman–Crippen LogP) is 1.45. The molecule has 0 radical (unpaired) electrons. The molecule has 0 saturated carbocycles. The number of rotatable bonds is 5. The number of oxazole rings is 1. The van der Waals surface area contributed by atoms with Gasteiger partial charge >= 0.3 is 0 Å². The molecule has 0 bridgehead atoms. The fourth-order valence-electron chi connectivity index (χ4n) is 1.21. The molecule has 4 heteroatoms. The second-order valence-corrected chi connectivity index (χ2v) is 3.45. The molecule has 2 N–H and O–H groups in total. The molecular weight excluding hydrogens is 180 g/mol. The van der Waals surface area contributed by atoms with Gasteiger partial charge in [0.25, 0.3) is 0 Å². The zero-order chi connectivity index (χ0) is 10.6. The number of hydrogen-bond acceptors (Lipinski definition) is 4. The van der Waals surface area contributed by atoms with Gasteiger partial charge < -0.3 is 14.9 Å². The molecule has 0 spiro atoms. The highest BCUT2D eigenvalue weighted by molar-refractivity contribution is 5.05. The SMILES string of the molecule is CCC(C)(OC)c1cnc(CCN)o1. The molecule has 0 aromatic carbocycles. The monoisotopic (exact) mass is 198 g/mol. The van der Waals surface area contributed by atoms with Crippen LogP contribution in [-0.4, -0.2) is 18.6 Å². The summed E-state index contributed by atoms with van der Waals surface area (Å²) in [6.45, 7) is 4.59. The standard InChI is InChI=1S/C10H18N2O2/c1-4-10(2,13-3)8-7-12-9(14-8)5-6-11/h7H,4-6,11H2,1-3H3. The van der Waals surface area contributed by atoms with Crippen molar-refractivity contribution in [3.05, 3.63) is 17.8 Å². The van der Waals surface area contributed by atoms with E-state index in [4.69, 9.17) is 14.9 Å². The Morgan fingerprint density at radius 2 is 2.36 bits per heavy atom. The minimum atomic E-state index is -0.375. The van der Waals surface area contributed by atoms with Gasteiger partial charge in [0.2, 0.25) is 0 Å². The Morgan fingerprint density at radius 1 is 1.64 bits per heavy atom. The average Bonchev–Trinajstić information content (AvgIpc) is 2.66. The zero-order valence-corrected chi connectivity index (χ0v) is 9.04. The van der Waals surface area contributed by atoms with Gasteiger partial charge in [-0.15, -0.1) is 0 Å².